The van der Waals surface area contributed by atoms with Crippen molar-refractivity contribution in [2.45, 2.75) is 19.8 Å². The SMILES string of the molecule is CC1(C)C(CN)C1c1ncccn1. The third kappa shape index (κ3) is 1.23. The largest absolute Gasteiger partial charge is 0.330 e. The van der Waals surface area contributed by atoms with Gasteiger partial charge in [0.1, 0.15) is 5.82 Å². The normalized spacial score (nSPS) is 30.1. The van der Waals surface area contributed by atoms with E-state index in [1.54, 1.807) is 12.4 Å². The summed E-state index contributed by atoms with van der Waals surface area (Å²) in [6.07, 6.45) is 3.59. The standard InChI is InChI=1S/C10H15N3/c1-10(2)7(6-11)8(10)9-12-4-3-5-13-9/h3-5,7-8H,6,11H2,1-2H3. The second-order valence-corrected chi connectivity index (χ2v) is 4.25. The summed E-state index contributed by atoms with van der Waals surface area (Å²) in [7, 11) is 0. The van der Waals surface area contributed by atoms with E-state index >= 15 is 0 Å². The second-order valence-electron chi connectivity index (χ2n) is 4.25. The summed E-state index contributed by atoms with van der Waals surface area (Å²) < 4.78 is 0. The van der Waals surface area contributed by atoms with E-state index in [1.165, 1.54) is 0 Å². The number of hydrogen-bond acceptors (Lipinski definition) is 3. The number of aromatic nitrogens is 2. The molecule has 2 unspecified atom stereocenters. The van der Waals surface area contributed by atoms with Crippen molar-refractivity contribution in [2.75, 3.05) is 6.54 Å². The van der Waals surface area contributed by atoms with Crippen LogP contribution in [0.2, 0.25) is 0 Å². The molecule has 3 nitrogen and oxygen atoms in total. The van der Waals surface area contributed by atoms with Crippen LogP contribution in [-0.2, 0) is 0 Å². The Kier molecular flexibility index (Phi) is 1.84. The molecule has 0 saturated heterocycles. The highest BCUT2D eigenvalue weighted by atomic mass is 14.9. The minimum absolute atomic E-state index is 0.288. The molecule has 1 fully saturated rings. The van der Waals surface area contributed by atoms with Gasteiger partial charge in [0.05, 0.1) is 0 Å². The van der Waals surface area contributed by atoms with Crippen LogP contribution in [0.4, 0.5) is 0 Å². The van der Waals surface area contributed by atoms with Gasteiger partial charge in [0, 0.05) is 18.3 Å². The molecule has 13 heavy (non-hydrogen) atoms. The van der Waals surface area contributed by atoms with Crippen LogP contribution in [0.3, 0.4) is 0 Å². The third-order valence-electron chi connectivity index (χ3n) is 3.17. The highest BCUT2D eigenvalue weighted by Gasteiger charge is 2.58. The Balaban J connectivity index is 2.22. The Bertz CT molecular complexity index is 294. The van der Waals surface area contributed by atoms with Crippen LogP contribution in [0.25, 0.3) is 0 Å². The highest BCUT2D eigenvalue weighted by Crippen LogP contribution is 2.62. The number of nitrogens with two attached hydrogens (primary N) is 1. The van der Waals surface area contributed by atoms with Crippen molar-refractivity contribution in [1.29, 1.82) is 0 Å². The lowest BCUT2D eigenvalue weighted by atomic mass is 10.1. The van der Waals surface area contributed by atoms with Crippen molar-refractivity contribution in [1.82, 2.24) is 9.97 Å². The molecule has 70 valence electrons. The first-order valence-corrected chi connectivity index (χ1v) is 4.65. The molecule has 1 aromatic rings. The average Bonchev–Trinajstić information content (AvgIpc) is 2.69. The lowest BCUT2D eigenvalue weighted by Crippen LogP contribution is -2.05. The summed E-state index contributed by atoms with van der Waals surface area (Å²) in [6.45, 7) is 5.19. The van der Waals surface area contributed by atoms with E-state index in [9.17, 15) is 0 Å². The quantitative estimate of drug-likeness (QED) is 0.738. The van der Waals surface area contributed by atoms with Crippen LogP contribution >= 0.6 is 0 Å². The van der Waals surface area contributed by atoms with Crippen molar-refractivity contribution >= 4 is 0 Å². The summed E-state index contributed by atoms with van der Waals surface area (Å²) in [5.41, 5.74) is 5.97. The second kappa shape index (κ2) is 2.77. The Morgan fingerprint density at radius 1 is 1.38 bits per heavy atom. The highest BCUT2D eigenvalue weighted by molar-refractivity contribution is 5.20. The topological polar surface area (TPSA) is 51.8 Å². The molecule has 1 heterocycles. The van der Waals surface area contributed by atoms with Crippen LogP contribution in [0, 0.1) is 11.3 Å². The predicted octanol–water partition coefficient (Wildman–Crippen LogP) is 1.17. The molecule has 2 N–H and O–H groups in total. The monoisotopic (exact) mass is 177 g/mol. The Morgan fingerprint density at radius 2 is 2.00 bits per heavy atom. The third-order valence-corrected chi connectivity index (χ3v) is 3.17. The van der Waals surface area contributed by atoms with Crippen molar-refractivity contribution in [3.05, 3.63) is 24.3 Å². The summed E-state index contributed by atoms with van der Waals surface area (Å²) >= 11 is 0. The van der Waals surface area contributed by atoms with E-state index in [0.29, 0.717) is 11.8 Å². The first-order valence-electron chi connectivity index (χ1n) is 4.65. The van der Waals surface area contributed by atoms with Gasteiger partial charge >= 0.3 is 0 Å². The summed E-state index contributed by atoms with van der Waals surface area (Å²) in [4.78, 5) is 8.54. The first kappa shape index (κ1) is 8.63. The molecule has 0 radical (unpaired) electrons. The fourth-order valence-electron chi connectivity index (χ4n) is 2.17. The van der Waals surface area contributed by atoms with Gasteiger partial charge in [0.15, 0.2) is 0 Å². The van der Waals surface area contributed by atoms with E-state index in [-0.39, 0.29) is 5.41 Å². The van der Waals surface area contributed by atoms with E-state index in [1.807, 2.05) is 6.07 Å². The van der Waals surface area contributed by atoms with Gasteiger partial charge in [-0.25, -0.2) is 9.97 Å². The fourth-order valence-corrected chi connectivity index (χ4v) is 2.17. The molecule has 2 rings (SSSR count). The molecule has 1 aliphatic carbocycles. The molecule has 1 aliphatic rings. The van der Waals surface area contributed by atoms with Gasteiger partial charge in [-0.3, -0.25) is 0 Å². The van der Waals surface area contributed by atoms with Crippen molar-refractivity contribution in [3.63, 3.8) is 0 Å². The van der Waals surface area contributed by atoms with Gasteiger partial charge in [-0.15, -0.1) is 0 Å². The average molecular weight is 177 g/mol. The van der Waals surface area contributed by atoms with E-state index in [2.05, 4.69) is 23.8 Å². The van der Waals surface area contributed by atoms with E-state index < -0.39 is 0 Å². The molecule has 0 spiro atoms. The van der Waals surface area contributed by atoms with Gasteiger partial charge in [-0.05, 0) is 23.9 Å². The van der Waals surface area contributed by atoms with Crippen LogP contribution in [0.5, 0.6) is 0 Å². The minimum atomic E-state index is 0.288. The van der Waals surface area contributed by atoms with Gasteiger partial charge in [-0.2, -0.15) is 0 Å². The van der Waals surface area contributed by atoms with Gasteiger partial charge < -0.3 is 5.73 Å². The zero-order chi connectivity index (χ0) is 9.47. The summed E-state index contributed by atoms with van der Waals surface area (Å²) in [5.74, 6) is 1.96. The molecule has 3 heteroatoms. The Morgan fingerprint density at radius 3 is 2.46 bits per heavy atom. The maximum absolute atomic E-state index is 5.68. The Hall–Kier alpha value is -0.960. The molecule has 1 aromatic heterocycles. The van der Waals surface area contributed by atoms with Crippen LogP contribution in [0.1, 0.15) is 25.6 Å². The molecule has 1 saturated carbocycles. The maximum atomic E-state index is 5.68. The molecule has 0 aromatic carbocycles. The van der Waals surface area contributed by atoms with Gasteiger partial charge in [0.2, 0.25) is 0 Å². The van der Waals surface area contributed by atoms with Crippen LogP contribution < -0.4 is 5.73 Å². The lowest BCUT2D eigenvalue weighted by Gasteiger charge is -1.99. The Labute approximate surface area is 78.4 Å². The van der Waals surface area contributed by atoms with Crippen molar-refractivity contribution in [3.8, 4) is 0 Å². The van der Waals surface area contributed by atoms with E-state index in [0.717, 1.165) is 12.4 Å². The predicted molar refractivity (Wildman–Crippen MR) is 51.1 cm³/mol. The van der Waals surface area contributed by atoms with Gasteiger partial charge in [0.25, 0.3) is 0 Å². The smallest absolute Gasteiger partial charge is 0.132 e. The molecule has 0 amide bonds. The fraction of sp³-hybridized carbons (Fsp3) is 0.600. The first-order chi connectivity index (χ1) is 6.18. The van der Waals surface area contributed by atoms with Crippen molar-refractivity contribution in [2.24, 2.45) is 17.1 Å². The lowest BCUT2D eigenvalue weighted by molar-refractivity contribution is 0.555. The van der Waals surface area contributed by atoms with Crippen LogP contribution in [-0.4, -0.2) is 16.5 Å². The summed E-state index contributed by atoms with van der Waals surface area (Å²) in [6, 6.07) is 1.84. The molecule has 0 bridgehead atoms. The number of rotatable bonds is 2. The maximum Gasteiger partial charge on any atom is 0.132 e. The number of hydrogen-bond donors (Lipinski definition) is 1. The van der Waals surface area contributed by atoms with Crippen molar-refractivity contribution < 1.29 is 0 Å². The zero-order valence-electron chi connectivity index (χ0n) is 8.07. The minimum Gasteiger partial charge on any atom is -0.330 e. The number of nitrogens with zero attached hydrogens (tertiary/aromatic N) is 2. The summed E-state index contributed by atoms with van der Waals surface area (Å²) in [5, 5.41) is 0. The molecular weight excluding hydrogens is 162 g/mol. The molecule has 0 aliphatic heterocycles. The zero-order valence-corrected chi connectivity index (χ0v) is 8.07. The van der Waals surface area contributed by atoms with Crippen LogP contribution in [0.15, 0.2) is 18.5 Å². The molecule has 2 atom stereocenters. The van der Waals surface area contributed by atoms with E-state index in [4.69, 9.17) is 5.73 Å². The molecular formula is C10H15N3. The van der Waals surface area contributed by atoms with Gasteiger partial charge in [-0.1, -0.05) is 13.8 Å².